The van der Waals surface area contributed by atoms with Crippen LogP contribution in [0.25, 0.3) is 0 Å². The first-order chi connectivity index (χ1) is 9.86. The topological polar surface area (TPSA) is 75.2 Å². The number of anilines is 1. The Labute approximate surface area is 128 Å². The molecule has 2 rings (SSSR count). The van der Waals surface area contributed by atoms with Crippen LogP contribution in [0.15, 0.2) is 0 Å². The lowest BCUT2D eigenvalue weighted by molar-refractivity contribution is -0.131. The van der Waals surface area contributed by atoms with Crippen molar-refractivity contribution in [1.82, 2.24) is 15.1 Å². The lowest BCUT2D eigenvalue weighted by Crippen LogP contribution is -2.28. The van der Waals surface area contributed by atoms with Crippen molar-refractivity contribution < 1.29 is 9.59 Å². The summed E-state index contributed by atoms with van der Waals surface area (Å²) in [5, 5.41) is 12.1. The lowest BCUT2D eigenvalue weighted by Gasteiger charge is -2.14. The average Bonchev–Trinajstić information content (AvgIpc) is 3.05. The molecule has 1 aromatic heterocycles. The second-order valence-corrected chi connectivity index (χ2v) is 7.28. The smallest absolute Gasteiger partial charge is 0.226 e. The molecule has 1 aromatic rings. The highest BCUT2D eigenvalue weighted by Crippen LogP contribution is 2.27. The maximum absolute atomic E-state index is 11.9. The fourth-order valence-electron chi connectivity index (χ4n) is 2.10. The highest BCUT2D eigenvalue weighted by molar-refractivity contribution is 7.15. The van der Waals surface area contributed by atoms with Crippen molar-refractivity contribution in [1.29, 1.82) is 0 Å². The minimum Gasteiger partial charge on any atom is -0.343 e. The van der Waals surface area contributed by atoms with Gasteiger partial charge in [-0.25, -0.2) is 0 Å². The molecule has 0 spiro atoms. The van der Waals surface area contributed by atoms with Crippen LogP contribution in [0, 0.1) is 0 Å². The monoisotopic (exact) mass is 310 g/mol. The van der Waals surface area contributed by atoms with Crippen LogP contribution < -0.4 is 5.32 Å². The Kier molecular flexibility index (Phi) is 4.92. The molecule has 0 atom stereocenters. The van der Waals surface area contributed by atoms with E-state index in [1.54, 1.807) is 0 Å². The molecule has 0 radical (unpaired) electrons. The van der Waals surface area contributed by atoms with Crippen molar-refractivity contribution >= 4 is 28.3 Å². The number of hydrogen-bond acceptors (Lipinski definition) is 5. The summed E-state index contributed by atoms with van der Waals surface area (Å²) in [6.45, 7) is 7.80. The predicted octanol–water partition coefficient (Wildman–Crippen LogP) is 2.18. The molecule has 1 fully saturated rings. The van der Waals surface area contributed by atoms with E-state index in [0.717, 1.165) is 30.9 Å². The Bertz CT molecular complexity index is 515. The Hall–Kier alpha value is -1.50. The molecule has 0 bridgehead atoms. The van der Waals surface area contributed by atoms with Crippen LogP contribution in [0.5, 0.6) is 0 Å². The van der Waals surface area contributed by atoms with E-state index in [9.17, 15) is 9.59 Å². The Morgan fingerprint density at radius 2 is 1.86 bits per heavy atom. The minimum absolute atomic E-state index is 0.0651. The number of hydrogen-bond donors (Lipinski definition) is 1. The zero-order valence-electron chi connectivity index (χ0n) is 12.8. The maximum Gasteiger partial charge on any atom is 0.226 e. The SMILES string of the molecule is CC(C)(C)c1nnc(NC(=O)CCC(=O)N2CCCC2)s1. The van der Waals surface area contributed by atoms with E-state index in [0.29, 0.717) is 5.13 Å². The van der Waals surface area contributed by atoms with Crippen LogP contribution in [0.2, 0.25) is 0 Å². The van der Waals surface area contributed by atoms with Crippen LogP contribution >= 0.6 is 11.3 Å². The number of amides is 2. The van der Waals surface area contributed by atoms with Crippen LogP contribution in [0.1, 0.15) is 51.5 Å². The largest absolute Gasteiger partial charge is 0.343 e. The summed E-state index contributed by atoms with van der Waals surface area (Å²) < 4.78 is 0. The summed E-state index contributed by atoms with van der Waals surface area (Å²) in [5.41, 5.74) is -0.0770. The molecule has 1 saturated heterocycles. The molecule has 2 amide bonds. The zero-order valence-corrected chi connectivity index (χ0v) is 13.6. The van der Waals surface area contributed by atoms with E-state index in [2.05, 4.69) is 15.5 Å². The Morgan fingerprint density at radius 3 is 2.43 bits per heavy atom. The van der Waals surface area contributed by atoms with Gasteiger partial charge < -0.3 is 10.2 Å². The standard InChI is InChI=1S/C14H22N4O2S/c1-14(2,3)12-16-17-13(21-12)15-10(19)6-7-11(20)18-8-4-5-9-18/h4-9H2,1-3H3,(H,15,17,19). The van der Waals surface area contributed by atoms with Gasteiger partial charge in [-0.3, -0.25) is 9.59 Å². The minimum atomic E-state index is -0.181. The normalized spacial score (nSPS) is 15.3. The van der Waals surface area contributed by atoms with Gasteiger partial charge in [-0.2, -0.15) is 0 Å². The van der Waals surface area contributed by atoms with Crippen molar-refractivity contribution in [3.8, 4) is 0 Å². The highest BCUT2D eigenvalue weighted by Gasteiger charge is 2.21. The Balaban J connectivity index is 1.79. The molecule has 7 heteroatoms. The van der Waals surface area contributed by atoms with Gasteiger partial charge in [-0.05, 0) is 12.8 Å². The van der Waals surface area contributed by atoms with E-state index < -0.39 is 0 Å². The third-order valence-corrected chi connectivity index (χ3v) is 4.60. The summed E-state index contributed by atoms with van der Waals surface area (Å²) >= 11 is 1.38. The molecule has 116 valence electrons. The predicted molar refractivity (Wildman–Crippen MR) is 82.3 cm³/mol. The first kappa shape index (κ1) is 15.9. The molecule has 1 N–H and O–H groups in total. The summed E-state index contributed by atoms with van der Waals surface area (Å²) in [6, 6.07) is 0. The number of nitrogens with zero attached hydrogens (tertiary/aromatic N) is 3. The van der Waals surface area contributed by atoms with Crippen molar-refractivity contribution in [3.05, 3.63) is 5.01 Å². The van der Waals surface area contributed by atoms with Crippen molar-refractivity contribution in [2.45, 2.75) is 51.9 Å². The zero-order chi connectivity index (χ0) is 15.5. The molecule has 6 nitrogen and oxygen atoms in total. The van der Waals surface area contributed by atoms with Gasteiger partial charge in [0.05, 0.1) is 0 Å². The molecule has 0 aromatic carbocycles. The third-order valence-electron chi connectivity index (χ3n) is 3.34. The second kappa shape index (κ2) is 6.51. The van der Waals surface area contributed by atoms with Crippen LogP contribution in [-0.2, 0) is 15.0 Å². The van der Waals surface area contributed by atoms with Gasteiger partial charge in [0.15, 0.2) is 0 Å². The van der Waals surface area contributed by atoms with Gasteiger partial charge in [-0.1, -0.05) is 32.1 Å². The molecule has 1 aliphatic heterocycles. The van der Waals surface area contributed by atoms with Crippen LogP contribution in [0.4, 0.5) is 5.13 Å². The molecule has 21 heavy (non-hydrogen) atoms. The summed E-state index contributed by atoms with van der Waals surface area (Å²) in [5.74, 6) is -0.116. The van der Waals surface area contributed by atoms with Gasteiger partial charge in [0, 0.05) is 31.3 Å². The fourth-order valence-corrected chi connectivity index (χ4v) is 2.92. The van der Waals surface area contributed by atoms with Gasteiger partial charge >= 0.3 is 0 Å². The molecular formula is C14H22N4O2S. The van der Waals surface area contributed by atoms with Crippen molar-refractivity contribution in [3.63, 3.8) is 0 Å². The van der Waals surface area contributed by atoms with E-state index in [1.807, 2.05) is 25.7 Å². The second-order valence-electron chi connectivity index (χ2n) is 6.30. The average molecular weight is 310 g/mol. The van der Waals surface area contributed by atoms with Crippen molar-refractivity contribution in [2.24, 2.45) is 0 Å². The molecule has 1 aliphatic rings. The summed E-state index contributed by atoms with van der Waals surface area (Å²) in [7, 11) is 0. The van der Waals surface area contributed by atoms with E-state index in [4.69, 9.17) is 0 Å². The molecule has 0 saturated carbocycles. The van der Waals surface area contributed by atoms with Crippen molar-refractivity contribution in [2.75, 3.05) is 18.4 Å². The Morgan fingerprint density at radius 1 is 1.19 bits per heavy atom. The van der Waals surface area contributed by atoms with E-state index in [-0.39, 0.29) is 30.1 Å². The van der Waals surface area contributed by atoms with Crippen LogP contribution in [0.3, 0.4) is 0 Å². The summed E-state index contributed by atoms with van der Waals surface area (Å²) in [6.07, 6.45) is 2.59. The van der Waals surface area contributed by atoms with Gasteiger partial charge in [-0.15, -0.1) is 10.2 Å². The highest BCUT2D eigenvalue weighted by atomic mass is 32.1. The fraction of sp³-hybridized carbons (Fsp3) is 0.714. The molecule has 0 unspecified atom stereocenters. The number of carbonyl (C=O) groups is 2. The molecule has 2 heterocycles. The first-order valence-corrected chi connectivity index (χ1v) is 8.09. The van der Waals surface area contributed by atoms with Gasteiger partial charge in [0.25, 0.3) is 0 Å². The molecular weight excluding hydrogens is 288 g/mol. The number of aromatic nitrogens is 2. The maximum atomic E-state index is 11.9. The van der Waals surface area contributed by atoms with Crippen LogP contribution in [-0.4, -0.2) is 40.0 Å². The van der Waals surface area contributed by atoms with E-state index in [1.165, 1.54) is 11.3 Å². The van der Waals surface area contributed by atoms with Gasteiger partial charge in [0.2, 0.25) is 16.9 Å². The lowest BCUT2D eigenvalue weighted by atomic mass is 9.98. The number of likely N-dealkylation sites (tertiary alicyclic amines) is 1. The number of nitrogens with one attached hydrogen (secondary N) is 1. The summed E-state index contributed by atoms with van der Waals surface area (Å²) in [4.78, 5) is 25.5. The van der Waals surface area contributed by atoms with E-state index >= 15 is 0 Å². The quantitative estimate of drug-likeness (QED) is 0.925. The molecule has 0 aliphatic carbocycles. The first-order valence-electron chi connectivity index (χ1n) is 7.28. The third kappa shape index (κ3) is 4.49. The number of carbonyl (C=O) groups excluding carboxylic acids is 2. The van der Waals surface area contributed by atoms with Gasteiger partial charge in [0.1, 0.15) is 5.01 Å². The number of rotatable bonds is 4.